The third-order valence-electron chi connectivity index (χ3n) is 3.53. The summed E-state index contributed by atoms with van der Waals surface area (Å²) in [5, 5.41) is 8.31. The number of nitrogens with one attached hydrogen (secondary N) is 3. The molecule has 0 spiro atoms. The average Bonchev–Trinajstić information content (AvgIpc) is 2.63. The van der Waals surface area contributed by atoms with Crippen LogP contribution in [0.5, 0.6) is 0 Å². The highest BCUT2D eigenvalue weighted by molar-refractivity contribution is 9.10. The molecular formula is C20H16BrN3O2. The molecule has 0 bridgehead atoms. The zero-order valence-electron chi connectivity index (χ0n) is 13.7. The molecule has 0 unspecified atom stereocenters. The summed E-state index contributed by atoms with van der Waals surface area (Å²) in [5.74, 6) is -0.233. The zero-order valence-corrected chi connectivity index (χ0v) is 15.3. The van der Waals surface area contributed by atoms with Crippen LogP contribution in [0, 0.1) is 0 Å². The van der Waals surface area contributed by atoms with E-state index < -0.39 is 0 Å². The molecule has 0 saturated carbocycles. The summed E-state index contributed by atoms with van der Waals surface area (Å²) in [6.07, 6.45) is 0. The van der Waals surface area contributed by atoms with E-state index in [9.17, 15) is 9.59 Å². The van der Waals surface area contributed by atoms with Gasteiger partial charge in [0.15, 0.2) is 0 Å². The van der Waals surface area contributed by atoms with Gasteiger partial charge in [-0.25, -0.2) is 4.79 Å². The molecular weight excluding hydrogens is 394 g/mol. The van der Waals surface area contributed by atoms with E-state index in [1.807, 2.05) is 24.3 Å². The predicted octanol–water partition coefficient (Wildman–Crippen LogP) is 5.35. The number of para-hydroxylation sites is 1. The summed E-state index contributed by atoms with van der Waals surface area (Å²) in [5.41, 5.74) is 2.39. The molecule has 0 aliphatic heterocycles. The van der Waals surface area contributed by atoms with E-state index in [0.717, 1.165) is 0 Å². The summed E-state index contributed by atoms with van der Waals surface area (Å²) in [4.78, 5) is 24.4. The molecule has 0 radical (unpaired) electrons. The highest BCUT2D eigenvalue weighted by Gasteiger charge is 2.10. The largest absolute Gasteiger partial charge is 0.323 e. The van der Waals surface area contributed by atoms with E-state index in [4.69, 9.17) is 0 Å². The van der Waals surface area contributed by atoms with Gasteiger partial charge in [-0.3, -0.25) is 4.79 Å². The van der Waals surface area contributed by atoms with Crippen molar-refractivity contribution in [2.24, 2.45) is 0 Å². The Hall–Kier alpha value is -3.12. The Morgan fingerprint density at radius 2 is 1.23 bits per heavy atom. The molecule has 5 nitrogen and oxygen atoms in total. The second-order valence-corrected chi connectivity index (χ2v) is 6.31. The van der Waals surface area contributed by atoms with Crippen LogP contribution in [0.3, 0.4) is 0 Å². The maximum Gasteiger partial charge on any atom is 0.323 e. The number of benzene rings is 3. The molecule has 26 heavy (non-hydrogen) atoms. The second-order valence-electron chi connectivity index (χ2n) is 5.46. The minimum Gasteiger partial charge on any atom is -0.322 e. The van der Waals surface area contributed by atoms with Crippen molar-refractivity contribution in [2.75, 3.05) is 16.0 Å². The smallest absolute Gasteiger partial charge is 0.322 e. The number of carbonyl (C=O) groups is 2. The molecule has 0 heterocycles. The van der Waals surface area contributed by atoms with E-state index >= 15 is 0 Å². The van der Waals surface area contributed by atoms with Crippen molar-refractivity contribution in [1.82, 2.24) is 0 Å². The molecule has 0 fully saturated rings. The van der Waals surface area contributed by atoms with E-state index in [1.165, 1.54) is 0 Å². The van der Waals surface area contributed by atoms with E-state index in [-0.39, 0.29) is 11.9 Å². The van der Waals surface area contributed by atoms with Gasteiger partial charge in [-0.2, -0.15) is 0 Å². The first-order valence-electron chi connectivity index (χ1n) is 7.91. The minimum atomic E-state index is -0.356. The number of hydrogen-bond donors (Lipinski definition) is 3. The maximum atomic E-state index is 12.4. The molecule has 0 saturated heterocycles. The molecule has 6 heteroatoms. The Kier molecular flexibility index (Phi) is 5.66. The lowest BCUT2D eigenvalue weighted by Crippen LogP contribution is -2.19. The van der Waals surface area contributed by atoms with Gasteiger partial charge in [0.25, 0.3) is 5.91 Å². The first kappa shape index (κ1) is 17.7. The third-order valence-corrected chi connectivity index (χ3v) is 4.22. The van der Waals surface area contributed by atoms with Crippen molar-refractivity contribution in [3.63, 3.8) is 0 Å². The Bertz CT molecular complexity index is 929. The highest BCUT2D eigenvalue weighted by Crippen LogP contribution is 2.20. The Balaban J connectivity index is 1.65. The third kappa shape index (κ3) is 4.70. The Morgan fingerprint density at radius 3 is 1.96 bits per heavy atom. The maximum absolute atomic E-state index is 12.4. The van der Waals surface area contributed by atoms with Crippen LogP contribution >= 0.6 is 15.9 Å². The zero-order chi connectivity index (χ0) is 18.4. The quantitative estimate of drug-likeness (QED) is 0.543. The number of anilines is 3. The first-order chi connectivity index (χ1) is 12.6. The van der Waals surface area contributed by atoms with E-state index in [1.54, 1.807) is 54.6 Å². The number of amides is 3. The molecule has 130 valence electrons. The predicted molar refractivity (Wildman–Crippen MR) is 108 cm³/mol. The molecule has 0 atom stereocenters. The van der Waals surface area contributed by atoms with Gasteiger partial charge in [-0.05, 0) is 58.4 Å². The monoisotopic (exact) mass is 409 g/mol. The van der Waals surface area contributed by atoms with Crippen molar-refractivity contribution >= 4 is 44.9 Å². The summed E-state index contributed by atoms with van der Waals surface area (Å²) in [7, 11) is 0. The molecule has 3 rings (SSSR count). The van der Waals surface area contributed by atoms with Crippen LogP contribution in [0.1, 0.15) is 10.4 Å². The molecule has 3 aromatic rings. The van der Waals surface area contributed by atoms with Crippen LogP contribution in [0.4, 0.5) is 21.9 Å². The van der Waals surface area contributed by atoms with Crippen LogP contribution in [0.25, 0.3) is 0 Å². The van der Waals surface area contributed by atoms with Crippen LogP contribution in [-0.2, 0) is 0 Å². The van der Waals surface area contributed by atoms with Crippen molar-refractivity contribution in [3.8, 4) is 0 Å². The van der Waals surface area contributed by atoms with Gasteiger partial charge in [0.05, 0.1) is 5.56 Å². The van der Waals surface area contributed by atoms with Crippen LogP contribution < -0.4 is 16.0 Å². The van der Waals surface area contributed by atoms with Crippen LogP contribution in [0.2, 0.25) is 0 Å². The lowest BCUT2D eigenvalue weighted by Gasteiger charge is -2.10. The topological polar surface area (TPSA) is 70.2 Å². The van der Waals surface area contributed by atoms with Gasteiger partial charge in [0.1, 0.15) is 0 Å². The first-order valence-corrected chi connectivity index (χ1v) is 8.70. The Labute approximate surface area is 159 Å². The van der Waals surface area contributed by atoms with Crippen molar-refractivity contribution in [2.45, 2.75) is 0 Å². The SMILES string of the molecule is O=C(Nc1ccccc1)Nc1cccc(NC(=O)c2ccccc2Br)c1. The molecule has 0 aliphatic rings. The molecule has 3 aromatic carbocycles. The molecule has 3 amide bonds. The summed E-state index contributed by atoms with van der Waals surface area (Å²) in [6.45, 7) is 0. The van der Waals surface area contributed by atoms with Crippen molar-refractivity contribution in [1.29, 1.82) is 0 Å². The lowest BCUT2D eigenvalue weighted by atomic mass is 10.2. The lowest BCUT2D eigenvalue weighted by molar-refractivity contribution is 0.102. The number of urea groups is 1. The summed E-state index contributed by atoms with van der Waals surface area (Å²) >= 11 is 3.36. The summed E-state index contributed by atoms with van der Waals surface area (Å²) < 4.78 is 0.717. The fourth-order valence-electron chi connectivity index (χ4n) is 2.33. The average molecular weight is 410 g/mol. The van der Waals surface area contributed by atoms with Crippen LogP contribution in [0.15, 0.2) is 83.3 Å². The van der Waals surface area contributed by atoms with Gasteiger partial charge in [0.2, 0.25) is 0 Å². The van der Waals surface area contributed by atoms with Gasteiger partial charge < -0.3 is 16.0 Å². The minimum absolute atomic E-state index is 0.233. The molecule has 0 aromatic heterocycles. The van der Waals surface area contributed by atoms with Gasteiger partial charge in [-0.15, -0.1) is 0 Å². The normalized spacial score (nSPS) is 10.0. The van der Waals surface area contributed by atoms with Crippen LogP contribution in [-0.4, -0.2) is 11.9 Å². The second kappa shape index (κ2) is 8.31. The van der Waals surface area contributed by atoms with Crippen molar-refractivity contribution < 1.29 is 9.59 Å². The molecule has 0 aliphatic carbocycles. The summed E-state index contributed by atoms with van der Waals surface area (Å²) in [6, 6.07) is 22.9. The van der Waals surface area contributed by atoms with Gasteiger partial charge >= 0.3 is 6.03 Å². The number of hydrogen-bond acceptors (Lipinski definition) is 2. The van der Waals surface area contributed by atoms with Crippen molar-refractivity contribution in [3.05, 3.63) is 88.9 Å². The molecule has 3 N–H and O–H groups in total. The van der Waals surface area contributed by atoms with E-state index in [2.05, 4.69) is 31.9 Å². The van der Waals surface area contributed by atoms with Gasteiger partial charge in [0, 0.05) is 21.5 Å². The fraction of sp³-hybridized carbons (Fsp3) is 0. The highest BCUT2D eigenvalue weighted by atomic mass is 79.9. The fourth-order valence-corrected chi connectivity index (χ4v) is 2.80. The standard InChI is InChI=1S/C20H16BrN3O2/c21-18-12-5-4-11-17(18)19(25)22-15-9-6-10-16(13-15)24-20(26)23-14-7-2-1-3-8-14/h1-13H,(H,22,25)(H2,23,24,26). The number of carbonyl (C=O) groups excluding carboxylic acids is 2. The van der Waals surface area contributed by atoms with E-state index in [0.29, 0.717) is 27.1 Å². The van der Waals surface area contributed by atoms with Gasteiger partial charge in [-0.1, -0.05) is 36.4 Å². The Morgan fingerprint density at radius 1 is 0.654 bits per heavy atom. The number of halogens is 1. The number of rotatable bonds is 4.